The number of aryl methyl sites for hydroxylation is 2. The Balaban J connectivity index is 1.97. The number of carbonyl (C=O) groups excluding carboxylic acids is 1. The Bertz CT molecular complexity index is 755. The number of amides is 1. The normalized spacial score (nSPS) is 19.3. The van der Waals surface area contributed by atoms with Gasteiger partial charge < -0.3 is 4.90 Å². The van der Waals surface area contributed by atoms with E-state index in [1.54, 1.807) is 19.9 Å². The van der Waals surface area contributed by atoms with Crippen LogP contribution < -0.4 is 0 Å². The summed E-state index contributed by atoms with van der Waals surface area (Å²) in [7, 11) is 0. The molecule has 6 nitrogen and oxygen atoms in total. The SMILES string of the molecule is Cc1cc(C)n2nc(C(=O)N3CCCCC3C(F)(F)F)nc2n1. The molecule has 3 heterocycles. The topological polar surface area (TPSA) is 63.4 Å². The van der Waals surface area contributed by atoms with Crippen molar-refractivity contribution in [2.24, 2.45) is 0 Å². The summed E-state index contributed by atoms with van der Waals surface area (Å²) in [6.45, 7) is 3.60. The van der Waals surface area contributed by atoms with Crippen molar-refractivity contribution in [2.45, 2.75) is 45.3 Å². The summed E-state index contributed by atoms with van der Waals surface area (Å²) >= 11 is 0. The Morgan fingerprint density at radius 2 is 2.00 bits per heavy atom. The van der Waals surface area contributed by atoms with Crippen LogP contribution in [0.5, 0.6) is 0 Å². The van der Waals surface area contributed by atoms with Crippen molar-refractivity contribution < 1.29 is 18.0 Å². The highest BCUT2D eigenvalue weighted by molar-refractivity contribution is 5.91. The molecule has 0 N–H and O–H groups in total. The lowest BCUT2D eigenvalue weighted by Gasteiger charge is -2.35. The fourth-order valence-corrected chi connectivity index (χ4v) is 2.90. The minimum Gasteiger partial charge on any atom is -0.324 e. The molecule has 1 aliphatic rings. The van der Waals surface area contributed by atoms with E-state index in [1.165, 1.54) is 4.52 Å². The van der Waals surface area contributed by atoms with Crippen LogP contribution in [0.3, 0.4) is 0 Å². The minimum absolute atomic E-state index is 0.0595. The summed E-state index contributed by atoms with van der Waals surface area (Å²) in [5.74, 6) is -0.830. The average Bonchev–Trinajstić information content (AvgIpc) is 2.90. The molecule has 1 atom stereocenters. The van der Waals surface area contributed by atoms with Crippen LogP contribution in [0.15, 0.2) is 6.07 Å². The standard InChI is InChI=1S/C14H16F3N5O/c1-8-7-9(2)22-13(18-8)19-11(20-22)12(23)21-6-4-3-5-10(21)14(15,16)17/h7,10H,3-6H2,1-2H3. The lowest BCUT2D eigenvalue weighted by molar-refractivity contribution is -0.183. The molecule has 0 spiro atoms. The number of hydrogen-bond donors (Lipinski definition) is 0. The van der Waals surface area contributed by atoms with Crippen LogP contribution in [0.1, 0.15) is 41.3 Å². The molecule has 1 saturated heterocycles. The van der Waals surface area contributed by atoms with Gasteiger partial charge in [-0.3, -0.25) is 4.79 Å². The maximum atomic E-state index is 13.1. The summed E-state index contributed by atoms with van der Waals surface area (Å²) in [6, 6.07) is -0.0128. The van der Waals surface area contributed by atoms with E-state index in [0.717, 1.165) is 4.90 Å². The Morgan fingerprint density at radius 3 is 2.70 bits per heavy atom. The van der Waals surface area contributed by atoms with Gasteiger partial charge in [0, 0.05) is 17.9 Å². The molecule has 124 valence electrons. The third-order valence-corrected chi connectivity index (χ3v) is 3.95. The van der Waals surface area contributed by atoms with Crippen molar-refractivity contribution in [2.75, 3.05) is 6.54 Å². The highest BCUT2D eigenvalue weighted by atomic mass is 19.4. The largest absolute Gasteiger partial charge is 0.408 e. The van der Waals surface area contributed by atoms with Gasteiger partial charge in [-0.05, 0) is 39.2 Å². The molecule has 2 aromatic rings. The molecule has 1 aliphatic heterocycles. The number of nitrogens with zero attached hydrogens (tertiary/aromatic N) is 5. The van der Waals surface area contributed by atoms with Gasteiger partial charge in [0.15, 0.2) is 0 Å². The van der Waals surface area contributed by atoms with Gasteiger partial charge in [0.2, 0.25) is 5.82 Å². The molecule has 1 fully saturated rings. The lowest BCUT2D eigenvalue weighted by atomic mass is 10.0. The number of likely N-dealkylation sites (tertiary alicyclic amines) is 1. The molecule has 2 aromatic heterocycles. The molecule has 1 unspecified atom stereocenters. The van der Waals surface area contributed by atoms with Crippen LogP contribution >= 0.6 is 0 Å². The van der Waals surface area contributed by atoms with E-state index in [1.807, 2.05) is 0 Å². The summed E-state index contributed by atoms with van der Waals surface area (Å²) in [5, 5.41) is 4.03. The van der Waals surface area contributed by atoms with Crippen molar-refractivity contribution in [1.29, 1.82) is 0 Å². The van der Waals surface area contributed by atoms with E-state index in [0.29, 0.717) is 24.2 Å². The number of hydrogen-bond acceptors (Lipinski definition) is 4. The van der Waals surface area contributed by atoms with E-state index in [-0.39, 0.29) is 24.6 Å². The van der Waals surface area contributed by atoms with Crippen LogP contribution in [0.2, 0.25) is 0 Å². The molecule has 0 radical (unpaired) electrons. The molecule has 0 saturated carbocycles. The minimum atomic E-state index is -4.44. The maximum Gasteiger partial charge on any atom is 0.408 e. The van der Waals surface area contributed by atoms with Gasteiger partial charge in [-0.15, -0.1) is 5.10 Å². The first-order valence-electron chi connectivity index (χ1n) is 7.36. The van der Waals surface area contributed by atoms with Crippen LogP contribution in [0, 0.1) is 13.8 Å². The monoisotopic (exact) mass is 327 g/mol. The van der Waals surface area contributed by atoms with Crippen molar-refractivity contribution in [3.8, 4) is 0 Å². The van der Waals surface area contributed by atoms with Crippen LogP contribution in [-0.4, -0.2) is 49.2 Å². The molecular formula is C14H16F3N5O. The van der Waals surface area contributed by atoms with Gasteiger partial charge in [0.05, 0.1) is 0 Å². The first kappa shape index (κ1) is 15.7. The average molecular weight is 327 g/mol. The molecular weight excluding hydrogens is 311 g/mol. The predicted molar refractivity (Wildman–Crippen MR) is 75.0 cm³/mol. The molecule has 0 bridgehead atoms. The summed E-state index contributed by atoms with van der Waals surface area (Å²) < 4.78 is 40.8. The Labute approximate surface area is 130 Å². The van der Waals surface area contributed by atoms with Gasteiger partial charge >= 0.3 is 6.18 Å². The number of aromatic nitrogens is 4. The highest BCUT2D eigenvalue weighted by Gasteiger charge is 2.47. The smallest absolute Gasteiger partial charge is 0.324 e. The van der Waals surface area contributed by atoms with Crippen LogP contribution in [0.25, 0.3) is 5.78 Å². The number of alkyl halides is 3. The predicted octanol–water partition coefficient (Wildman–Crippen LogP) is 2.30. The Kier molecular flexibility index (Phi) is 3.73. The first-order valence-corrected chi connectivity index (χ1v) is 7.36. The van der Waals surface area contributed by atoms with E-state index >= 15 is 0 Å². The van der Waals surface area contributed by atoms with E-state index in [2.05, 4.69) is 15.1 Å². The molecule has 3 rings (SSSR count). The summed E-state index contributed by atoms with van der Waals surface area (Å²) in [4.78, 5) is 21.5. The maximum absolute atomic E-state index is 13.1. The zero-order chi connectivity index (χ0) is 16.8. The molecule has 0 aliphatic carbocycles. The molecule has 0 aromatic carbocycles. The molecule has 9 heteroatoms. The summed E-state index contributed by atoms with van der Waals surface area (Å²) in [5.41, 5.74) is 1.41. The summed E-state index contributed by atoms with van der Waals surface area (Å²) in [6.07, 6.45) is -3.53. The third-order valence-electron chi connectivity index (χ3n) is 3.95. The van der Waals surface area contributed by atoms with Gasteiger partial charge in [-0.25, -0.2) is 9.50 Å². The van der Waals surface area contributed by atoms with Gasteiger partial charge in [0.1, 0.15) is 6.04 Å². The van der Waals surface area contributed by atoms with Gasteiger partial charge in [-0.2, -0.15) is 18.2 Å². The van der Waals surface area contributed by atoms with Crippen LogP contribution in [0.4, 0.5) is 13.2 Å². The van der Waals surface area contributed by atoms with Gasteiger partial charge in [-0.1, -0.05) is 0 Å². The number of halogens is 3. The second-order valence-electron chi connectivity index (χ2n) is 5.74. The third kappa shape index (κ3) is 2.87. The highest BCUT2D eigenvalue weighted by Crippen LogP contribution is 2.32. The van der Waals surface area contributed by atoms with Gasteiger partial charge in [0.25, 0.3) is 11.7 Å². The van der Waals surface area contributed by atoms with Crippen molar-refractivity contribution >= 4 is 11.7 Å². The fourth-order valence-electron chi connectivity index (χ4n) is 2.90. The number of carbonyl (C=O) groups is 1. The van der Waals surface area contributed by atoms with Crippen LogP contribution in [-0.2, 0) is 0 Å². The van der Waals surface area contributed by atoms with E-state index in [9.17, 15) is 18.0 Å². The first-order chi connectivity index (χ1) is 10.8. The molecule has 1 amide bonds. The van der Waals surface area contributed by atoms with Crippen molar-refractivity contribution in [3.63, 3.8) is 0 Å². The second kappa shape index (κ2) is 5.47. The number of piperidine rings is 1. The zero-order valence-electron chi connectivity index (χ0n) is 12.8. The lowest BCUT2D eigenvalue weighted by Crippen LogP contribution is -2.51. The zero-order valence-corrected chi connectivity index (χ0v) is 12.8. The van der Waals surface area contributed by atoms with E-state index < -0.39 is 18.1 Å². The number of rotatable bonds is 1. The van der Waals surface area contributed by atoms with Crippen molar-refractivity contribution in [3.05, 3.63) is 23.3 Å². The van der Waals surface area contributed by atoms with Crippen molar-refractivity contribution in [1.82, 2.24) is 24.5 Å². The Morgan fingerprint density at radius 1 is 1.26 bits per heavy atom. The Hall–Kier alpha value is -2.19. The van der Waals surface area contributed by atoms with E-state index in [4.69, 9.17) is 0 Å². The molecule has 23 heavy (non-hydrogen) atoms. The fraction of sp³-hybridized carbons (Fsp3) is 0.571. The number of fused-ring (bicyclic) bond motifs is 1. The quantitative estimate of drug-likeness (QED) is 0.806. The second-order valence-corrected chi connectivity index (χ2v) is 5.74.